The van der Waals surface area contributed by atoms with Gasteiger partial charge < -0.3 is 20.7 Å². The van der Waals surface area contributed by atoms with Crippen molar-refractivity contribution in [2.24, 2.45) is 11.1 Å². The average molecular weight is 394 g/mol. The molecule has 2 amide bonds. The van der Waals surface area contributed by atoms with Crippen molar-refractivity contribution in [3.05, 3.63) is 28.8 Å². The van der Waals surface area contributed by atoms with Crippen molar-refractivity contribution >= 4 is 29.1 Å². The number of benzene rings is 1. The Kier molecular flexibility index (Phi) is 6.73. The fourth-order valence-corrected chi connectivity index (χ4v) is 4.27. The maximum absolute atomic E-state index is 12.6. The molecule has 1 saturated heterocycles. The molecule has 1 aromatic carbocycles. The van der Waals surface area contributed by atoms with Crippen molar-refractivity contribution in [1.29, 1.82) is 0 Å². The molecule has 0 spiro atoms. The van der Waals surface area contributed by atoms with Crippen LogP contribution in [-0.2, 0) is 9.53 Å². The number of rotatable bonds is 5. The standard InChI is InChI=1S/C20H28ClN3O3/c21-17-12-15(4-5-16(17)19(26)24-8-10-27-11-9-24)23-18(25)13-20(14-22)6-2-1-3-7-20/h4-5,12H,1-3,6-11,13-14,22H2,(H,23,25). The molecule has 1 aromatic rings. The van der Waals surface area contributed by atoms with Crippen molar-refractivity contribution < 1.29 is 14.3 Å². The van der Waals surface area contributed by atoms with Crippen LogP contribution in [-0.4, -0.2) is 49.6 Å². The van der Waals surface area contributed by atoms with Crippen LogP contribution >= 0.6 is 11.6 Å². The number of nitrogens with one attached hydrogen (secondary N) is 1. The van der Waals surface area contributed by atoms with Crippen LogP contribution in [0.25, 0.3) is 0 Å². The normalized spacial score (nSPS) is 19.6. The fourth-order valence-electron chi connectivity index (χ4n) is 4.00. The van der Waals surface area contributed by atoms with Gasteiger partial charge in [-0.25, -0.2) is 0 Å². The molecule has 1 saturated carbocycles. The maximum Gasteiger partial charge on any atom is 0.255 e. The van der Waals surface area contributed by atoms with E-state index in [9.17, 15) is 9.59 Å². The van der Waals surface area contributed by atoms with Crippen molar-refractivity contribution in [3.8, 4) is 0 Å². The second-order valence-electron chi connectivity index (χ2n) is 7.59. The van der Waals surface area contributed by atoms with E-state index in [0.717, 1.165) is 25.7 Å². The first-order chi connectivity index (χ1) is 13.0. The Morgan fingerprint density at radius 3 is 2.52 bits per heavy atom. The summed E-state index contributed by atoms with van der Waals surface area (Å²) in [6.45, 7) is 2.75. The molecule has 0 atom stereocenters. The second-order valence-corrected chi connectivity index (χ2v) is 8.00. The predicted molar refractivity (Wildman–Crippen MR) is 106 cm³/mol. The first kappa shape index (κ1) is 20.1. The topological polar surface area (TPSA) is 84.7 Å². The minimum atomic E-state index is -0.106. The molecule has 2 aliphatic rings. The van der Waals surface area contributed by atoms with Gasteiger partial charge in [0.1, 0.15) is 0 Å². The zero-order valence-electron chi connectivity index (χ0n) is 15.6. The number of nitrogens with two attached hydrogens (primary N) is 1. The summed E-state index contributed by atoms with van der Waals surface area (Å²) in [6, 6.07) is 5.05. The van der Waals surface area contributed by atoms with Crippen LogP contribution in [0.4, 0.5) is 5.69 Å². The van der Waals surface area contributed by atoms with E-state index in [1.807, 2.05) is 0 Å². The van der Waals surface area contributed by atoms with Crippen LogP contribution in [0.1, 0.15) is 48.9 Å². The Labute approximate surface area is 165 Å². The number of carbonyl (C=O) groups excluding carboxylic acids is 2. The molecule has 0 bridgehead atoms. The number of carbonyl (C=O) groups is 2. The van der Waals surface area contributed by atoms with Crippen LogP contribution in [0.5, 0.6) is 0 Å². The third-order valence-corrected chi connectivity index (χ3v) is 5.98. The summed E-state index contributed by atoms with van der Waals surface area (Å²) < 4.78 is 5.28. The highest BCUT2D eigenvalue weighted by atomic mass is 35.5. The van der Waals surface area contributed by atoms with Gasteiger partial charge in [0.15, 0.2) is 0 Å². The molecule has 1 heterocycles. The van der Waals surface area contributed by atoms with E-state index in [4.69, 9.17) is 22.1 Å². The van der Waals surface area contributed by atoms with Crippen molar-refractivity contribution in [2.45, 2.75) is 38.5 Å². The first-order valence-electron chi connectivity index (χ1n) is 9.69. The van der Waals surface area contributed by atoms with E-state index in [1.54, 1.807) is 23.1 Å². The highest BCUT2D eigenvalue weighted by molar-refractivity contribution is 6.34. The lowest BCUT2D eigenvalue weighted by molar-refractivity contribution is -0.118. The molecule has 3 N–H and O–H groups in total. The first-order valence-corrected chi connectivity index (χ1v) is 10.1. The number of halogens is 1. The summed E-state index contributed by atoms with van der Waals surface area (Å²) in [7, 11) is 0. The van der Waals surface area contributed by atoms with Crippen LogP contribution in [0, 0.1) is 5.41 Å². The number of hydrogen-bond acceptors (Lipinski definition) is 4. The van der Waals surface area contributed by atoms with Crippen LogP contribution in [0.15, 0.2) is 18.2 Å². The van der Waals surface area contributed by atoms with Crippen molar-refractivity contribution in [1.82, 2.24) is 4.90 Å². The van der Waals surface area contributed by atoms with Crippen LogP contribution in [0.2, 0.25) is 5.02 Å². The smallest absolute Gasteiger partial charge is 0.255 e. The molecule has 7 heteroatoms. The van der Waals surface area contributed by atoms with Crippen molar-refractivity contribution in [2.75, 3.05) is 38.2 Å². The van der Waals surface area contributed by atoms with Gasteiger partial charge in [-0.1, -0.05) is 30.9 Å². The lowest BCUT2D eigenvalue weighted by atomic mass is 9.71. The number of hydrogen-bond donors (Lipinski definition) is 2. The van der Waals surface area contributed by atoms with Gasteiger partial charge in [-0.05, 0) is 43.0 Å². The third-order valence-electron chi connectivity index (χ3n) is 5.66. The Morgan fingerprint density at radius 2 is 1.89 bits per heavy atom. The largest absolute Gasteiger partial charge is 0.378 e. The van der Waals surface area contributed by atoms with E-state index >= 15 is 0 Å². The van der Waals surface area contributed by atoms with Gasteiger partial charge in [-0.2, -0.15) is 0 Å². The highest BCUT2D eigenvalue weighted by Crippen LogP contribution is 2.38. The Hall–Kier alpha value is -1.63. The summed E-state index contributed by atoms with van der Waals surface area (Å²) in [5.74, 6) is -0.156. The summed E-state index contributed by atoms with van der Waals surface area (Å²) >= 11 is 6.32. The molecule has 1 aliphatic heterocycles. The van der Waals surface area contributed by atoms with E-state index < -0.39 is 0 Å². The second kappa shape index (κ2) is 9.04. The molecule has 3 rings (SSSR count). The molecule has 148 valence electrons. The van der Waals surface area contributed by atoms with Gasteiger partial charge in [-0.3, -0.25) is 9.59 Å². The molecule has 2 fully saturated rings. The zero-order chi connectivity index (χ0) is 19.3. The number of ether oxygens (including phenoxy) is 1. The van der Waals surface area contributed by atoms with E-state index in [1.165, 1.54) is 6.42 Å². The molecule has 0 radical (unpaired) electrons. The van der Waals surface area contributed by atoms with Gasteiger partial charge in [0, 0.05) is 25.2 Å². The fraction of sp³-hybridized carbons (Fsp3) is 0.600. The summed E-state index contributed by atoms with van der Waals surface area (Å²) in [4.78, 5) is 26.8. The SMILES string of the molecule is NCC1(CC(=O)Nc2ccc(C(=O)N3CCOCC3)c(Cl)c2)CCCCC1. The zero-order valence-corrected chi connectivity index (χ0v) is 16.4. The Balaban J connectivity index is 1.63. The van der Waals surface area contributed by atoms with Gasteiger partial charge in [0.05, 0.1) is 23.8 Å². The van der Waals surface area contributed by atoms with Gasteiger partial charge >= 0.3 is 0 Å². The Morgan fingerprint density at radius 1 is 1.19 bits per heavy atom. The summed E-state index contributed by atoms with van der Waals surface area (Å²) in [5.41, 5.74) is 6.94. The van der Waals surface area contributed by atoms with E-state index in [-0.39, 0.29) is 17.2 Å². The molecular formula is C20H28ClN3O3. The number of morpholine rings is 1. The molecule has 0 unspecified atom stereocenters. The highest BCUT2D eigenvalue weighted by Gasteiger charge is 2.33. The lowest BCUT2D eigenvalue weighted by Crippen LogP contribution is -2.40. The predicted octanol–water partition coefficient (Wildman–Crippen LogP) is 3.05. The van der Waals surface area contributed by atoms with Crippen molar-refractivity contribution in [3.63, 3.8) is 0 Å². The number of anilines is 1. The number of nitrogens with zero attached hydrogens (tertiary/aromatic N) is 1. The monoisotopic (exact) mass is 393 g/mol. The van der Waals surface area contributed by atoms with E-state index in [0.29, 0.717) is 55.5 Å². The molecule has 1 aliphatic carbocycles. The lowest BCUT2D eigenvalue weighted by Gasteiger charge is -2.35. The van der Waals surface area contributed by atoms with Gasteiger partial charge in [0.2, 0.25) is 5.91 Å². The summed E-state index contributed by atoms with van der Waals surface area (Å²) in [6.07, 6.45) is 5.92. The minimum Gasteiger partial charge on any atom is -0.378 e. The van der Waals surface area contributed by atoms with Crippen LogP contribution in [0.3, 0.4) is 0 Å². The quantitative estimate of drug-likeness (QED) is 0.805. The van der Waals surface area contributed by atoms with Gasteiger partial charge in [0.25, 0.3) is 5.91 Å². The Bertz CT molecular complexity index is 683. The number of amides is 2. The van der Waals surface area contributed by atoms with E-state index in [2.05, 4.69) is 5.32 Å². The van der Waals surface area contributed by atoms with Gasteiger partial charge in [-0.15, -0.1) is 0 Å². The maximum atomic E-state index is 12.6. The average Bonchev–Trinajstić information content (AvgIpc) is 2.69. The molecule has 27 heavy (non-hydrogen) atoms. The van der Waals surface area contributed by atoms with Crippen LogP contribution < -0.4 is 11.1 Å². The summed E-state index contributed by atoms with van der Waals surface area (Å²) in [5, 5.41) is 3.25. The molecule has 0 aromatic heterocycles. The molecular weight excluding hydrogens is 366 g/mol. The minimum absolute atomic E-state index is 0.0503. The third kappa shape index (κ3) is 5.00. The molecule has 6 nitrogen and oxygen atoms in total.